The molecule has 1 aromatic heterocycles. The third-order valence-corrected chi connectivity index (χ3v) is 5.27. The van der Waals surface area contributed by atoms with Crippen LogP contribution in [0.3, 0.4) is 0 Å². The first-order chi connectivity index (χ1) is 15.2. The summed E-state index contributed by atoms with van der Waals surface area (Å²) in [6.45, 7) is 3.38. The number of esters is 2. The molecule has 2 heterocycles. The smallest absolute Gasteiger partial charge is 0.357 e. The highest BCUT2D eigenvalue weighted by atomic mass is 16.5. The molecular weight excluding hydrogens is 396 g/mol. The lowest BCUT2D eigenvalue weighted by molar-refractivity contribution is 0.0549. The molecule has 0 spiro atoms. The van der Waals surface area contributed by atoms with Gasteiger partial charge in [-0.2, -0.15) is 5.10 Å². The van der Waals surface area contributed by atoms with Crippen molar-refractivity contribution in [2.75, 3.05) is 45.3 Å². The van der Waals surface area contributed by atoms with E-state index in [9.17, 15) is 9.59 Å². The number of nitrogens with one attached hydrogen (secondary N) is 1. The molecule has 31 heavy (non-hydrogen) atoms. The van der Waals surface area contributed by atoms with E-state index in [4.69, 9.17) is 14.6 Å². The Morgan fingerprint density at radius 1 is 0.903 bits per heavy atom. The van der Waals surface area contributed by atoms with E-state index in [1.807, 2.05) is 54.6 Å². The number of methoxy groups -OCH3 is 2. The number of anilines is 1. The third kappa shape index (κ3) is 3.89. The van der Waals surface area contributed by atoms with Crippen molar-refractivity contribution in [2.45, 2.75) is 0 Å². The number of carbonyl (C=O) groups is 2. The van der Waals surface area contributed by atoms with E-state index < -0.39 is 11.9 Å². The van der Waals surface area contributed by atoms with Crippen LogP contribution < -0.4 is 10.2 Å². The predicted molar refractivity (Wildman–Crippen MR) is 117 cm³/mol. The van der Waals surface area contributed by atoms with Gasteiger partial charge in [0.05, 0.1) is 19.9 Å². The Balaban J connectivity index is 1.98. The van der Waals surface area contributed by atoms with Gasteiger partial charge >= 0.3 is 11.9 Å². The Bertz CT molecular complexity index is 1090. The second kappa shape index (κ2) is 9.01. The highest BCUT2D eigenvalue weighted by Crippen LogP contribution is 2.35. The molecule has 0 atom stereocenters. The molecule has 1 fully saturated rings. The fourth-order valence-corrected chi connectivity index (χ4v) is 3.80. The number of carbonyl (C=O) groups excluding carboxylic acids is 2. The van der Waals surface area contributed by atoms with Gasteiger partial charge in [-0.1, -0.05) is 36.4 Å². The highest BCUT2D eigenvalue weighted by molar-refractivity contribution is 6.07. The summed E-state index contributed by atoms with van der Waals surface area (Å²) in [5.74, 6) is -1.31. The normalized spacial score (nSPS) is 13.7. The summed E-state index contributed by atoms with van der Waals surface area (Å²) in [4.78, 5) is 27.9. The standard InChI is InChI=1S/C23H24N4O4/c1-30-22(28)19-20(17-10-6-7-11-18(17)26-14-12-24-13-15-26)25-27(21(19)23(29)31-2)16-8-4-3-5-9-16/h3-11,24H,12-15H2,1-2H3. The summed E-state index contributed by atoms with van der Waals surface area (Å²) in [5, 5.41) is 8.06. The van der Waals surface area contributed by atoms with Gasteiger partial charge in [-0.15, -0.1) is 0 Å². The molecule has 0 aliphatic carbocycles. The number of hydrogen-bond acceptors (Lipinski definition) is 7. The number of rotatable bonds is 5. The molecule has 1 aliphatic rings. The molecule has 1 aliphatic heterocycles. The van der Waals surface area contributed by atoms with Crippen LogP contribution in [-0.2, 0) is 9.47 Å². The van der Waals surface area contributed by atoms with Gasteiger partial charge in [-0.25, -0.2) is 14.3 Å². The summed E-state index contributed by atoms with van der Waals surface area (Å²) in [7, 11) is 2.56. The van der Waals surface area contributed by atoms with Gasteiger partial charge in [0, 0.05) is 37.4 Å². The molecule has 0 bridgehead atoms. The molecule has 8 nitrogen and oxygen atoms in total. The number of benzene rings is 2. The predicted octanol–water partition coefficient (Wildman–Crippen LogP) is 2.52. The molecule has 3 aromatic rings. The summed E-state index contributed by atoms with van der Waals surface area (Å²) in [5.41, 5.74) is 2.84. The van der Waals surface area contributed by atoms with E-state index in [0.29, 0.717) is 11.4 Å². The van der Waals surface area contributed by atoms with Crippen LogP contribution in [0.15, 0.2) is 54.6 Å². The Kier molecular flexibility index (Phi) is 5.99. The van der Waals surface area contributed by atoms with Crippen LogP contribution in [0, 0.1) is 0 Å². The fraction of sp³-hybridized carbons (Fsp3) is 0.261. The zero-order valence-electron chi connectivity index (χ0n) is 17.5. The lowest BCUT2D eigenvalue weighted by Crippen LogP contribution is -2.43. The monoisotopic (exact) mass is 420 g/mol. The number of ether oxygens (including phenoxy) is 2. The van der Waals surface area contributed by atoms with Crippen LogP contribution >= 0.6 is 0 Å². The first kappa shape index (κ1) is 20.6. The number of nitrogens with zero attached hydrogens (tertiary/aromatic N) is 3. The minimum Gasteiger partial charge on any atom is -0.465 e. The molecule has 1 saturated heterocycles. The number of aromatic nitrogens is 2. The molecule has 160 valence electrons. The zero-order chi connectivity index (χ0) is 21.8. The van der Waals surface area contributed by atoms with Gasteiger partial charge in [0.2, 0.25) is 0 Å². The van der Waals surface area contributed by atoms with Crippen LogP contribution in [0.1, 0.15) is 20.8 Å². The quantitative estimate of drug-likeness (QED) is 0.635. The second-order valence-corrected chi connectivity index (χ2v) is 7.06. The number of piperazine rings is 1. The van der Waals surface area contributed by atoms with Crippen molar-refractivity contribution < 1.29 is 19.1 Å². The SMILES string of the molecule is COC(=O)c1c(-c2ccccc2N2CCNCC2)nn(-c2ccccc2)c1C(=O)OC. The van der Waals surface area contributed by atoms with E-state index >= 15 is 0 Å². The summed E-state index contributed by atoms with van der Waals surface area (Å²) in [6.07, 6.45) is 0. The first-order valence-electron chi connectivity index (χ1n) is 10.1. The van der Waals surface area contributed by atoms with E-state index in [1.54, 1.807) is 0 Å². The van der Waals surface area contributed by atoms with Crippen LogP contribution in [-0.4, -0.2) is 62.1 Å². The van der Waals surface area contributed by atoms with Gasteiger partial charge < -0.3 is 19.7 Å². The number of hydrogen-bond donors (Lipinski definition) is 1. The van der Waals surface area contributed by atoms with Crippen molar-refractivity contribution >= 4 is 17.6 Å². The van der Waals surface area contributed by atoms with E-state index in [-0.39, 0.29) is 11.3 Å². The lowest BCUT2D eigenvalue weighted by atomic mass is 10.0. The Hall–Kier alpha value is -3.65. The number of para-hydroxylation sites is 2. The molecule has 8 heteroatoms. The minimum absolute atomic E-state index is 0.0330. The maximum Gasteiger partial charge on any atom is 0.357 e. The molecule has 0 radical (unpaired) electrons. The average Bonchev–Trinajstić information content (AvgIpc) is 3.24. The second-order valence-electron chi connectivity index (χ2n) is 7.06. The average molecular weight is 420 g/mol. The topological polar surface area (TPSA) is 85.7 Å². The fourth-order valence-electron chi connectivity index (χ4n) is 3.80. The Morgan fingerprint density at radius 3 is 2.23 bits per heavy atom. The summed E-state index contributed by atoms with van der Waals surface area (Å²) in [6, 6.07) is 16.9. The largest absolute Gasteiger partial charge is 0.465 e. The van der Waals surface area contributed by atoms with Gasteiger partial charge in [0.15, 0.2) is 5.69 Å². The van der Waals surface area contributed by atoms with Crippen molar-refractivity contribution in [3.8, 4) is 16.9 Å². The Labute approximate surface area is 180 Å². The van der Waals surface area contributed by atoms with Gasteiger partial charge in [-0.3, -0.25) is 0 Å². The van der Waals surface area contributed by atoms with Gasteiger partial charge in [0.25, 0.3) is 0 Å². The summed E-state index contributed by atoms with van der Waals surface area (Å²) < 4.78 is 11.5. The molecule has 1 N–H and O–H groups in total. The molecule has 0 unspecified atom stereocenters. The van der Waals surface area contributed by atoms with Crippen LogP contribution in [0.5, 0.6) is 0 Å². The molecule has 0 amide bonds. The minimum atomic E-state index is -0.664. The van der Waals surface area contributed by atoms with Crippen molar-refractivity contribution in [2.24, 2.45) is 0 Å². The van der Waals surface area contributed by atoms with Crippen LogP contribution in [0.2, 0.25) is 0 Å². The Morgan fingerprint density at radius 2 is 1.55 bits per heavy atom. The highest BCUT2D eigenvalue weighted by Gasteiger charge is 2.32. The van der Waals surface area contributed by atoms with Crippen molar-refractivity contribution in [1.82, 2.24) is 15.1 Å². The van der Waals surface area contributed by atoms with E-state index in [0.717, 1.165) is 37.4 Å². The van der Waals surface area contributed by atoms with Gasteiger partial charge in [0.1, 0.15) is 11.3 Å². The van der Waals surface area contributed by atoms with Crippen LogP contribution in [0.25, 0.3) is 16.9 Å². The van der Waals surface area contributed by atoms with E-state index in [2.05, 4.69) is 10.2 Å². The molecular formula is C23H24N4O4. The van der Waals surface area contributed by atoms with Crippen LogP contribution in [0.4, 0.5) is 5.69 Å². The zero-order valence-corrected chi connectivity index (χ0v) is 17.5. The van der Waals surface area contributed by atoms with Crippen molar-refractivity contribution in [3.63, 3.8) is 0 Å². The first-order valence-corrected chi connectivity index (χ1v) is 10.1. The molecule has 2 aromatic carbocycles. The summed E-state index contributed by atoms with van der Waals surface area (Å²) >= 11 is 0. The maximum atomic E-state index is 12.9. The molecule has 0 saturated carbocycles. The van der Waals surface area contributed by atoms with Crippen molar-refractivity contribution in [3.05, 3.63) is 65.9 Å². The third-order valence-electron chi connectivity index (χ3n) is 5.27. The van der Waals surface area contributed by atoms with Gasteiger partial charge in [-0.05, 0) is 18.2 Å². The maximum absolute atomic E-state index is 12.9. The lowest BCUT2D eigenvalue weighted by Gasteiger charge is -2.31. The van der Waals surface area contributed by atoms with Crippen molar-refractivity contribution in [1.29, 1.82) is 0 Å². The molecule has 4 rings (SSSR count). The van der Waals surface area contributed by atoms with E-state index in [1.165, 1.54) is 18.9 Å².